The Bertz CT molecular complexity index is 1310. The zero-order valence-corrected chi connectivity index (χ0v) is 22.4. The normalized spacial score (nSPS) is 19.2. The zero-order valence-electron chi connectivity index (χ0n) is 22.4. The Labute approximate surface area is 233 Å². The largest absolute Gasteiger partial charge is 0.480 e. The van der Waals surface area contributed by atoms with E-state index >= 15 is 0 Å². The zero-order chi connectivity index (χ0) is 28.1. The lowest BCUT2D eigenvalue weighted by molar-refractivity contribution is -0.147. The number of alkyl carbamates (subject to hydrolysis) is 1. The third-order valence-electron chi connectivity index (χ3n) is 7.86. The fourth-order valence-electron chi connectivity index (χ4n) is 5.71. The standard InChI is InChI=1S/C32H34N2O6/c1-20(39-18-21-9-3-2-4-10-21)29(31(36)37)34-30(35)22-15-16-23(17-22)33-32(38)40-19-28-26-13-7-5-11-24(26)25-12-6-8-14-27(25)28/h2-14,20,22-23,28-29H,15-19H2,1H3,(H,33,38)(H,34,35)(H,36,37)/t20?,22-,23+,29?/m1/s1. The molecule has 3 aromatic rings. The molecule has 1 fully saturated rings. The van der Waals surface area contributed by atoms with Crippen LogP contribution in [0.3, 0.4) is 0 Å². The summed E-state index contributed by atoms with van der Waals surface area (Å²) in [7, 11) is 0. The van der Waals surface area contributed by atoms with E-state index in [-0.39, 0.29) is 31.1 Å². The first kappa shape index (κ1) is 27.4. The van der Waals surface area contributed by atoms with Crippen molar-refractivity contribution >= 4 is 18.0 Å². The highest BCUT2D eigenvalue weighted by Gasteiger charge is 2.35. The smallest absolute Gasteiger partial charge is 0.407 e. The topological polar surface area (TPSA) is 114 Å². The van der Waals surface area contributed by atoms with Crippen LogP contribution in [0, 0.1) is 5.92 Å². The number of rotatable bonds is 10. The molecule has 0 spiro atoms. The third-order valence-corrected chi connectivity index (χ3v) is 7.86. The molecular formula is C32H34N2O6. The Morgan fingerprint density at radius 1 is 0.900 bits per heavy atom. The Morgan fingerprint density at radius 3 is 2.17 bits per heavy atom. The van der Waals surface area contributed by atoms with Gasteiger partial charge in [0.1, 0.15) is 6.61 Å². The average molecular weight is 543 g/mol. The molecule has 0 bridgehead atoms. The number of carboxylic acid groups (broad SMARTS) is 1. The van der Waals surface area contributed by atoms with Crippen LogP contribution in [0.5, 0.6) is 0 Å². The highest BCUT2D eigenvalue weighted by molar-refractivity contribution is 5.85. The van der Waals surface area contributed by atoms with E-state index in [1.165, 1.54) is 0 Å². The maximum Gasteiger partial charge on any atom is 0.407 e. The molecule has 5 rings (SSSR count). The second-order valence-electron chi connectivity index (χ2n) is 10.5. The minimum atomic E-state index is -1.18. The van der Waals surface area contributed by atoms with Gasteiger partial charge in [0.15, 0.2) is 6.04 Å². The predicted molar refractivity (Wildman–Crippen MR) is 150 cm³/mol. The van der Waals surface area contributed by atoms with Crippen LogP contribution in [0.4, 0.5) is 4.79 Å². The SMILES string of the molecule is CC(OCc1ccccc1)C(NC(=O)[C@@H]1CC[C@H](NC(=O)OCC2c3ccccc3-c3ccccc32)C1)C(=O)O. The molecule has 2 unspecified atom stereocenters. The molecule has 8 heteroatoms. The molecule has 0 aliphatic heterocycles. The maximum atomic E-state index is 12.9. The van der Waals surface area contributed by atoms with Gasteiger partial charge in [-0.2, -0.15) is 0 Å². The van der Waals surface area contributed by atoms with Crippen molar-refractivity contribution in [3.05, 3.63) is 95.6 Å². The predicted octanol–water partition coefficient (Wildman–Crippen LogP) is 4.87. The number of fused-ring (bicyclic) bond motifs is 3. The van der Waals surface area contributed by atoms with E-state index in [1.807, 2.05) is 54.6 Å². The molecule has 2 aliphatic carbocycles. The number of hydrogen-bond donors (Lipinski definition) is 3. The average Bonchev–Trinajstić information content (AvgIpc) is 3.56. The molecule has 0 radical (unpaired) electrons. The summed E-state index contributed by atoms with van der Waals surface area (Å²) >= 11 is 0. The quantitative estimate of drug-likeness (QED) is 0.337. The molecule has 3 N–H and O–H groups in total. The third kappa shape index (κ3) is 6.18. The van der Waals surface area contributed by atoms with E-state index in [1.54, 1.807) is 6.92 Å². The number of hydrogen-bond acceptors (Lipinski definition) is 5. The van der Waals surface area contributed by atoms with Crippen molar-refractivity contribution in [2.24, 2.45) is 5.92 Å². The van der Waals surface area contributed by atoms with E-state index < -0.39 is 30.1 Å². The van der Waals surface area contributed by atoms with Crippen LogP contribution in [0.1, 0.15) is 48.8 Å². The first-order valence-corrected chi connectivity index (χ1v) is 13.7. The fraction of sp³-hybridized carbons (Fsp3) is 0.344. The molecular weight excluding hydrogens is 508 g/mol. The van der Waals surface area contributed by atoms with Crippen LogP contribution in [-0.4, -0.2) is 47.9 Å². The number of carboxylic acids is 1. The molecule has 1 saturated carbocycles. The minimum Gasteiger partial charge on any atom is -0.480 e. The van der Waals surface area contributed by atoms with Gasteiger partial charge in [0.25, 0.3) is 0 Å². The maximum absolute atomic E-state index is 12.9. The number of ether oxygens (including phenoxy) is 2. The first-order valence-electron chi connectivity index (χ1n) is 13.7. The Balaban J connectivity index is 1.10. The van der Waals surface area contributed by atoms with E-state index in [9.17, 15) is 19.5 Å². The molecule has 0 saturated heterocycles. The van der Waals surface area contributed by atoms with Gasteiger partial charge in [0.2, 0.25) is 5.91 Å². The molecule has 4 atom stereocenters. The Hall–Kier alpha value is -4.17. The second kappa shape index (κ2) is 12.3. The summed E-state index contributed by atoms with van der Waals surface area (Å²) in [6.07, 6.45) is 0.338. The van der Waals surface area contributed by atoms with Crippen molar-refractivity contribution in [2.45, 2.75) is 56.9 Å². The van der Waals surface area contributed by atoms with Gasteiger partial charge in [-0.15, -0.1) is 0 Å². The van der Waals surface area contributed by atoms with Crippen LogP contribution in [0.2, 0.25) is 0 Å². The number of nitrogens with one attached hydrogen (secondary N) is 2. The van der Waals surface area contributed by atoms with Crippen LogP contribution >= 0.6 is 0 Å². The van der Waals surface area contributed by atoms with Crippen molar-refractivity contribution in [3.63, 3.8) is 0 Å². The van der Waals surface area contributed by atoms with Gasteiger partial charge in [-0.05, 0) is 54.0 Å². The number of carbonyl (C=O) groups is 3. The van der Waals surface area contributed by atoms with Crippen molar-refractivity contribution in [1.82, 2.24) is 10.6 Å². The van der Waals surface area contributed by atoms with Crippen LogP contribution in [0.25, 0.3) is 11.1 Å². The molecule has 2 aliphatic rings. The molecule has 2 amide bonds. The van der Waals surface area contributed by atoms with E-state index in [2.05, 4.69) is 34.9 Å². The van der Waals surface area contributed by atoms with Gasteiger partial charge in [-0.1, -0.05) is 78.9 Å². The summed E-state index contributed by atoms with van der Waals surface area (Å²) in [6, 6.07) is 24.4. The number of benzene rings is 3. The minimum absolute atomic E-state index is 0.0284. The van der Waals surface area contributed by atoms with Crippen molar-refractivity contribution in [3.8, 4) is 11.1 Å². The lowest BCUT2D eigenvalue weighted by Crippen LogP contribution is -2.50. The molecule has 8 nitrogen and oxygen atoms in total. The van der Waals surface area contributed by atoms with Gasteiger partial charge in [-0.3, -0.25) is 4.79 Å². The lowest BCUT2D eigenvalue weighted by Gasteiger charge is -2.23. The summed E-state index contributed by atoms with van der Waals surface area (Å²) in [6.45, 7) is 2.10. The van der Waals surface area contributed by atoms with E-state index in [0.29, 0.717) is 19.3 Å². The Morgan fingerprint density at radius 2 is 1.52 bits per heavy atom. The summed E-state index contributed by atoms with van der Waals surface area (Å²) in [5.41, 5.74) is 5.53. The molecule has 40 heavy (non-hydrogen) atoms. The summed E-state index contributed by atoms with van der Waals surface area (Å²) in [4.78, 5) is 37.5. The molecule has 0 heterocycles. The number of carbonyl (C=O) groups excluding carboxylic acids is 2. The number of aliphatic carboxylic acids is 1. The van der Waals surface area contributed by atoms with E-state index in [4.69, 9.17) is 9.47 Å². The summed E-state index contributed by atoms with van der Waals surface area (Å²) in [5, 5.41) is 15.2. The highest BCUT2D eigenvalue weighted by atomic mass is 16.5. The lowest BCUT2D eigenvalue weighted by atomic mass is 9.98. The van der Waals surface area contributed by atoms with Gasteiger partial charge in [0.05, 0.1) is 12.7 Å². The van der Waals surface area contributed by atoms with Gasteiger partial charge in [-0.25, -0.2) is 9.59 Å². The van der Waals surface area contributed by atoms with Crippen LogP contribution < -0.4 is 10.6 Å². The summed E-state index contributed by atoms with van der Waals surface area (Å²) in [5.74, 6) is -1.93. The first-order chi connectivity index (χ1) is 19.4. The molecule has 208 valence electrons. The van der Waals surface area contributed by atoms with Crippen LogP contribution in [-0.2, 0) is 25.7 Å². The number of amides is 2. The summed E-state index contributed by atoms with van der Waals surface area (Å²) < 4.78 is 11.4. The molecule has 0 aromatic heterocycles. The monoisotopic (exact) mass is 542 g/mol. The van der Waals surface area contributed by atoms with Crippen molar-refractivity contribution in [1.29, 1.82) is 0 Å². The fourth-order valence-corrected chi connectivity index (χ4v) is 5.71. The van der Waals surface area contributed by atoms with Crippen molar-refractivity contribution < 1.29 is 29.0 Å². The highest BCUT2D eigenvalue weighted by Crippen LogP contribution is 2.44. The van der Waals surface area contributed by atoms with Crippen LogP contribution in [0.15, 0.2) is 78.9 Å². The van der Waals surface area contributed by atoms with Gasteiger partial charge in [0, 0.05) is 17.9 Å². The van der Waals surface area contributed by atoms with Gasteiger partial charge < -0.3 is 25.2 Å². The van der Waals surface area contributed by atoms with Gasteiger partial charge >= 0.3 is 12.1 Å². The second-order valence-corrected chi connectivity index (χ2v) is 10.5. The van der Waals surface area contributed by atoms with Crippen molar-refractivity contribution in [2.75, 3.05) is 6.61 Å². The van der Waals surface area contributed by atoms with E-state index in [0.717, 1.165) is 27.8 Å². The molecule has 3 aromatic carbocycles. The Kier molecular flexibility index (Phi) is 8.45.